The molecule has 1 N–H and O–H groups in total. The third kappa shape index (κ3) is 2.98. The number of ether oxygens (including phenoxy) is 1. The van der Waals surface area contributed by atoms with Crippen molar-refractivity contribution in [3.05, 3.63) is 40.3 Å². The number of benzene rings is 1. The first-order valence-corrected chi connectivity index (χ1v) is 5.80. The second-order valence-corrected chi connectivity index (χ2v) is 3.86. The first kappa shape index (κ1) is 13.5. The molecule has 1 aromatic rings. The summed E-state index contributed by atoms with van der Waals surface area (Å²) in [5.41, 5.74) is 2.01. The number of allylic oxidation sites excluding steroid dienone is 1. The van der Waals surface area contributed by atoms with E-state index >= 15 is 0 Å². The van der Waals surface area contributed by atoms with E-state index in [0.29, 0.717) is 0 Å². The van der Waals surface area contributed by atoms with Gasteiger partial charge in [-0.3, -0.25) is 0 Å². The fourth-order valence-corrected chi connectivity index (χ4v) is 1.86. The standard InChI is InChI=1S/C15H20O2/c1-5-7-13(10-16)14-9-12(6-2)15(17-4)8-11(14)3/h5,7-9,16H,3,6,10H2,1-2,4H3/b7-5-,14-13+. The van der Waals surface area contributed by atoms with Crippen LogP contribution in [-0.2, 0) is 6.42 Å². The van der Waals surface area contributed by atoms with Gasteiger partial charge < -0.3 is 9.84 Å². The van der Waals surface area contributed by atoms with E-state index in [1.165, 1.54) is 0 Å². The van der Waals surface area contributed by atoms with Gasteiger partial charge in [-0.1, -0.05) is 25.7 Å². The van der Waals surface area contributed by atoms with Gasteiger partial charge in [-0.25, -0.2) is 0 Å². The normalized spacial score (nSPS) is 12.9. The van der Waals surface area contributed by atoms with E-state index < -0.39 is 0 Å². The van der Waals surface area contributed by atoms with Crippen molar-refractivity contribution >= 4 is 12.2 Å². The van der Waals surface area contributed by atoms with Crippen LogP contribution in [0.2, 0.25) is 0 Å². The lowest BCUT2D eigenvalue weighted by atomic mass is 10.0. The summed E-state index contributed by atoms with van der Waals surface area (Å²) in [5, 5.41) is 11.2. The molecule has 17 heavy (non-hydrogen) atoms. The lowest BCUT2D eigenvalue weighted by molar-refractivity contribution is 0.350. The van der Waals surface area contributed by atoms with Gasteiger partial charge in [-0.05, 0) is 47.1 Å². The molecule has 92 valence electrons. The van der Waals surface area contributed by atoms with Gasteiger partial charge in [0.1, 0.15) is 5.75 Å². The van der Waals surface area contributed by atoms with Crippen molar-refractivity contribution in [2.24, 2.45) is 0 Å². The number of hydrogen-bond acceptors (Lipinski definition) is 2. The smallest absolute Gasteiger partial charge is 0.122 e. The number of aliphatic hydroxyl groups excluding tert-OH is 1. The van der Waals surface area contributed by atoms with Crippen molar-refractivity contribution in [2.45, 2.75) is 20.3 Å². The number of rotatable bonds is 4. The van der Waals surface area contributed by atoms with Gasteiger partial charge in [0.2, 0.25) is 0 Å². The molecule has 0 aliphatic carbocycles. The molecule has 0 fully saturated rings. The predicted octanol–water partition coefficient (Wildman–Crippen LogP) is 1.39. The average molecular weight is 232 g/mol. The Balaban J connectivity index is 3.60. The Morgan fingerprint density at radius 3 is 2.65 bits per heavy atom. The van der Waals surface area contributed by atoms with Crippen LogP contribution in [0.1, 0.15) is 19.4 Å². The molecular formula is C15H20O2. The molecule has 0 aliphatic rings. The van der Waals surface area contributed by atoms with Crippen LogP contribution < -0.4 is 15.2 Å². The van der Waals surface area contributed by atoms with Gasteiger partial charge in [-0.2, -0.15) is 0 Å². The molecule has 0 bridgehead atoms. The molecule has 0 amide bonds. The quantitative estimate of drug-likeness (QED) is 0.850. The SMILES string of the molecule is C=c1cc(OC)c(CC)c/c1=C(/C=C\C)CO. The largest absolute Gasteiger partial charge is 0.496 e. The zero-order valence-electron chi connectivity index (χ0n) is 10.8. The van der Waals surface area contributed by atoms with Crippen LogP contribution in [0.15, 0.2) is 24.3 Å². The molecule has 0 saturated carbocycles. The second-order valence-electron chi connectivity index (χ2n) is 3.86. The summed E-state index contributed by atoms with van der Waals surface area (Å²) in [7, 11) is 1.66. The van der Waals surface area contributed by atoms with Crippen molar-refractivity contribution in [2.75, 3.05) is 13.7 Å². The summed E-state index contributed by atoms with van der Waals surface area (Å²) in [5.74, 6) is 0.860. The summed E-state index contributed by atoms with van der Waals surface area (Å²) >= 11 is 0. The zero-order chi connectivity index (χ0) is 12.8. The minimum atomic E-state index is 0.0162. The van der Waals surface area contributed by atoms with Crippen LogP contribution >= 0.6 is 0 Å². The van der Waals surface area contributed by atoms with E-state index in [-0.39, 0.29) is 6.61 Å². The number of methoxy groups -OCH3 is 1. The molecule has 1 aromatic carbocycles. The predicted molar refractivity (Wildman–Crippen MR) is 72.5 cm³/mol. The van der Waals surface area contributed by atoms with E-state index in [0.717, 1.165) is 33.7 Å². The topological polar surface area (TPSA) is 29.5 Å². The summed E-state index contributed by atoms with van der Waals surface area (Å²) in [6.07, 6.45) is 4.72. The Morgan fingerprint density at radius 2 is 2.18 bits per heavy atom. The molecule has 2 nitrogen and oxygen atoms in total. The van der Waals surface area contributed by atoms with E-state index in [4.69, 9.17) is 4.74 Å². The average Bonchev–Trinajstić information content (AvgIpc) is 2.36. The highest BCUT2D eigenvalue weighted by molar-refractivity contribution is 5.58. The molecule has 0 unspecified atom stereocenters. The van der Waals surface area contributed by atoms with Gasteiger partial charge in [-0.15, -0.1) is 0 Å². The molecule has 0 aromatic heterocycles. The van der Waals surface area contributed by atoms with Gasteiger partial charge in [0, 0.05) is 0 Å². The first-order chi connectivity index (χ1) is 8.17. The molecular weight excluding hydrogens is 212 g/mol. The third-order valence-corrected chi connectivity index (χ3v) is 2.77. The minimum absolute atomic E-state index is 0.0162. The Morgan fingerprint density at radius 1 is 1.47 bits per heavy atom. The van der Waals surface area contributed by atoms with E-state index in [2.05, 4.69) is 13.5 Å². The van der Waals surface area contributed by atoms with Gasteiger partial charge in [0.15, 0.2) is 0 Å². The third-order valence-electron chi connectivity index (χ3n) is 2.77. The number of aliphatic hydroxyl groups is 1. The van der Waals surface area contributed by atoms with Gasteiger partial charge in [0.05, 0.1) is 13.7 Å². The lowest BCUT2D eigenvalue weighted by Gasteiger charge is -2.08. The van der Waals surface area contributed by atoms with Crippen LogP contribution in [0.4, 0.5) is 0 Å². The molecule has 0 saturated heterocycles. The minimum Gasteiger partial charge on any atom is -0.496 e. The highest BCUT2D eigenvalue weighted by Gasteiger charge is 2.02. The molecule has 1 rings (SSSR count). The Labute approximate surface area is 103 Å². The molecule has 0 heterocycles. The Hall–Kier alpha value is -1.54. The number of aryl methyl sites for hydroxylation is 1. The molecule has 0 atom stereocenters. The van der Waals surface area contributed by atoms with Crippen molar-refractivity contribution < 1.29 is 9.84 Å². The molecule has 0 radical (unpaired) electrons. The molecule has 0 spiro atoms. The lowest BCUT2D eigenvalue weighted by Crippen LogP contribution is -2.27. The van der Waals surface area contributed by atoms with Gasteiger partial charge >= 0.3 is 0 Å². The van der Waals surface area contributed by atoms with Crippen molar-refractivity contribution in [3.8, 4) is 5.75 Å². The fraction of sp³-hybridized carbons (Fsp3) is 0.333. The van der Waals surface area contributed by atoms with Crippen LogP contribution in [0.3, 0.4) is 0 Å². The first-order valence-electron chi connectivity index (χ1n) is 5.80. The van der Waals surface area contributed by atoms with Crippen molar-refractivity contribution in [1.82, 2.24) is 0 Å². The highest BCUT2D eigenvalue weighted by Crippen LogP contribution is 2.14. The summed E-state index contributed by atoms with van der Waals surface area (Å²) in [6, 6.07) is 3.97. The Kier molecular flexibility index (Phi) is 4.98. The van der Waals surface area contributed by atoms with Gasteiger partial charge in [0.25, 0.3) is 0 Å². The van der Waals surface area contributed by atoms with E-state index in [1.807, 2.05) is 31.2 Å². The Bertz CT molecular complexity index is 512. The summed E-state index contributed by atoms with van der Waals surface area (Å²) < 4.78 is 5.32. The highest BCUT2D eigenvalue weighted by atomic mass is 16.5. The molecule has 2 heteroatoms. The van der Waals surface area contributed by atoms with E-state index in [9.17, 15) is 5.11 Å². The monoisotopic (exact) mass is 232 g/mol. The summed E-state index contributed by atoms with van der Waals surface area (Å²) in [4.78, 5) is 0. The van der Waals surface area contributed by atoms with Crippen LogP contribution in [0, 0.1) is 0 Å². The zero-order valence-corrected chi connectivity index (χ0v) is 10.8. The van der Waals surface area contributed by atoms with Crippen molar-refractivity contribution in [1.29, 1.82) is 0 Å². The van der Waals surface area contributed by atoms with Crippen LogP contribution in [0.25, 0.3) is 12.2 Å². The van der Waals surface area contributed by atoms with Crippen LogP contribution in [0.5, 0.6) is 5.75 Å². The maximum Gasteiger partial charge on any atom is 0.122 e. The maximum absolute atomic E-state index is 9.38. The summed E-state index contributed by atoms with van der Waals surface area (Å²) in [6.45, 7) is 8.04. The fourth-order valence-electron chi connectivity index (χ4n) is 1.86. The number of hydrogen-bond donors (Lipinski definition) is 1. The maximum atomic E-state index is 9.38. The second kappa shape index (κ2) is 6.26. The molecule has 0 aliphatic heterocycles. The van der Waals surface area contributed by atoms with E-state index in [1.54, 1.807) is 7.11 Å². The van der Waals surface area contributed by atoms with Crippen LogP contribution in [-0.4, -0.2) is 18.8 Å². The van der Waals surface area contributed by atoms with Crippen molar-refractivity contribution in [3.63, 3.8) is 0 Å².